The van der Waals surface area contributed by atoms with Crippen LogP contribution in [0.25, 0.3) is 0 Å². The van der Waals surface area contributed by atoms with Crippen LogP contribution in [0.5, 0.6) is 0 Å². The van der Waals surface area contributed by atoms with Crippen LogP contribution in [0.3, 0.4) is 0 Å². The van der Waals surface area contributed by atoms with E-state index in [0.717, 1.165) is 24.6 Å². The summed E-state index contributed by atoms with van der Waals surface area (Å²) in [4.78, 5) is 6.48. The maximum Gasteiger partial charge on any atom is 0.0717 e. The molecule has 0 aliphatic carbocycles. The van der Waals surface area contributed by atoms with E-state index in [1.165, 1.54) is 31.4 Å². The molecule has 3 nitrogen and oxygen atoms in total. The van der Waals surface area contributed by atoms with Gasteiger partial charge in [-0.1, -0.05) is 13.3 Å². The molecule has 1 N–H and O–H groups in total. The molecule has 0 amide bonds. The smallest absolute Gasteiger partial charge is 0.0717 e. The van der Waals surface area contributed by atoms with Gasteiger partial charge in [0.05, 0.1) is 6.61 Å². The second kappa shape index (κ2) is 6.01. The zero-order chi connectivity index (χ0) is 12.1. The van der Waals surface area contributed by atoms with E-state index in [2.05, 4.69) is 16.8 Å². The first kappa shape index (κ1) is 12.4. The van der Waals surface area contributed by atoms with E-state index in [0.29, 0.717) is 0 Å². The van der Waals surface area contributed by atoms with E-state index in [1.807, 2.05) is 12.3 Å². The fourth-order valence-electron chi connectivity index (χ4n) is 2.66. The molecule has 94 valence electrons. The molecule has 1 saturated heterocycles. The molecule has 17 heavy (non-hydrogen) atoms. The lowest BCUT2D eigenvalue weighted by Crippen LogP contribution is -2.25. The van der Waals surface area contributed by atoms with E-state index in [-0.39, 0.29) is 6.61 Å². The summed E-state index contributed by atoms with van der Waals surface area (Å²) in [5, 5.41) is 9.35. The molecular formula is C14H22N2O. The van der Waals surface area contributed by atoms with Crippen molar-refractivity contribution in [2.75, 3.05) is 18.0 Å². The first-order chi connectivity index (χ1) is 8.35. The van der Waals surface area contributed by atoms with Gasteiger partial charge >= 0.3 is 0 Å². The summed E-state index contributed by atoms with van der Waals surface area (Å²) in [7, 11) is 0. The van der Waals surface area contributed by atoms with Gasteiger partial charge in [0.15, 0.2) is 0 Å². The molecule has 1 aromatic heterocycles. The second-order valence-corrected chi connectivity index (χ2v) is 4.85. The summed E-state index contributed by atoms with van der Waals surface area (Å²) in [5.74, 6) is 0.874. The molecule has 0 spiro atoms. The van der Waals surface area contributed by atoms with Crippen molar-refractivity contribution in [3.63, 3.8) is 0 Å². The van der Waals surface area contributed by atoms with Crippen LogP contribution < -0.4 is 4.90 Å². The van der Waals surface area contributed by atoms with Crippen LogP contribution in [0.4, 0.5) is 5.69 Å². The van der Waals surface area contributed by atoms with Gasteiger partial charge in [-0.15, -0.1) is 0 Å². The highest BCUT2D eigenvalue weighted by Gasteiger charge is 2.17. The van der Waals surface area contributed by atoms with Gasteiger partial charge in [-0.3, -0.25) is 4.98 Å². The van der Waals surface area contributed by atoms with Crippen molar-refractivity contribution in [3.05, 3.63) is 24.0 Å². The van der Waals surface area contributed by atoms with Gasteiger partial charge in [0.25, 0.3) is 0 Å². The number of pyridine rings is 1. The Balaban J connectivity index is 2.11. The lowest BCUT2D eigenvalue weighted by Gasteiger charge is -2.24. The number of aromatic nitrogens is 1. The largest absolute Gasteiger partial charge is 0.392 e. The third kappa shape index (κ3) is 2.97. The Morgan fingerprint density at radius 2 is 2.29 bits per heavy atom. The van der Waals surface area contributed by atoms with Crippen LogP contribution in [0, 0.1) is 5.92 Å². The zero-order valence-corrected chi connectivity index (χ0v) is 10.6. The maximum atomic E-state index is 9.35. The summed E-state index contributed by atoms with van der Waals surface area (Å²) in [6.07, 6.45) is 8.74. The maximum absolute atomic E-state index is 9.35. The number of aliphatic hydroxyl groups excluding tert-OH is 1. The normalized spacial score (nSPS) is 21.3. The summed E-state index contributed by atoms with van der Waals surface area (Å²) in [6.45, 7) is 4.58. The lowest BCUT2D eigenvalue weighted by molar-refractivity contribution is 0.281. The highest BCUT2D eigenvalue weighted by Crippen LogP contribution is 2.26. The van der Waals surface area contributed by atoms with Crippen LogP contribution in [0.15, 0.2) is 18.5 Å². The Bertz CT molecular complexity index is 354. The van der Waals surface area contributed by atoms with Gasteiger partial charge in [-0.05, 0) is 31.2 Å². The van der Waals surface area contributed by atoms with Crippen molar-refractivity contribution in [1.82, 2.24) is 4.98 Å². The molecule has 1 fully saturated rings. The van der Waals surface area contributed by atoms with E-state index in [1.54, 1.807) is 6.20 Å². The number of rotatable bonds is 3. The summed E-state index contributed by atoms with van der Waals surface area (Å²) >= 11 is 0. The zero-order valence-electron chi connectivity index (χ0n) is 10.6. The first-order valence-corrected chi connectivity index (χ1v) is 6.63. The average Bonchev–Trinajstić information content (AvgIpc) is 2.63. The van der Waals surface area contributed by atoms with Gasteiger partial charge in [0.1, 0.15) is 0 Å². The van der Waals surface area contributed by atoms with Gasteiger partial charge in [-0.25, -0.2) is 0 Å². The highest BCUT2D eigenvalue weighted by atomic mass is 16.3. The van der Waals surface area contributed by atoms with Crippen molar-refractivity contribution in [1.29, 1.82) is 0 Å². The van der Waals surface area contributed by atoms with Gasteiger partial charge in [0.2, 0.25) is 0 Å². The molecule has 1 aromatic rings. The molecule has 0 radical (unpaired) electrons. The third-order valence-corrected chi connectivity index (χ3v) is 3.81. The van der Waals surface area contributed by atoms with E-state index in [4.69, 9.17) is 0 Å². The average molecular weight is 234 g/mol. The van der Waals surface area contributed by atoms with Crippen molar-refractivity contribution in [2.24, 2.45) is 5.92 Å². The predicted octanol–water partition coefficient (Wildman–Crippen LogP) is 2.59. The molecule has 3 heteroatoms. The standard InChI is InChI=1S/C14H22N2O/c1-2-12-4-3-8-16(9-6-12)14-5-7-15-10-13(14)11-17/h5,7,10,12,17H,2-4,6,8-9,11H2,1H3. The molecule has 1 unspecified atom stereocenters. The van der Waals surface area contributed by atoms with E-state index >= 15 is 0 Å². The number of nitrogens with zero attached hydrogens (tertiary/aromatic N) is 2. The molecule has 1 aliphatic rings. The number of aliphatic hydroxyl groups is 1. The van der Waals surface area contributed by atoms with Crippen LogP contribution in [0.2, 0.25) is 0 Å². The predicted molar refractivity (Wildman–Crippen MR) is 70.0 cm³/mol. The molecule has 2 heterocycles. The topological polar surface area (TPSA) is 36.4 Å². The second-order valence-electron chi connectivity index (χ2n) is 4.85. The third-order valence-electron chi connectivity index (χ3n) is 3.81. The Hall–Kier alpha value is -1.09. The van der Waals surface area contributed by atoms with Gasteiger partial charge in [0, 0.05) is 36.7 Å². The van der Waals surface area contributed by atoms with Crippen LogP contribution in [-0.2, 0) is 6.61 Å². The Morgan fingerprint density at radius 1 is 1.41 bits per heavy atom. The van der Waals surface area contributed by atoms with E-state index in [9.17, 15) is 5.11 Å². The van der Waals surface area contributed by atoms with Gasteiger partial charge < -0.3 is 10.0 Å². The van der Waals surface area contributed by atoms with Crippen LogP contribution in [-0.4, -0.2) is 23.2 Å². The quantitative estimate of drug-likeness (QED) is 0.873. The highest BCUT2D eigenvalue weighted by molar-refractivity contribution is 5.52. The molecule has 2 rings (SSSR count). The minimum absolute atomic E-state index is 0.0802. The van der Waals surface area contributed by atoms with Crippen molar-refractivity contribution in [2.45, 2.75) is 39.2 Å². The van der Waals surface area contributed by atoms with Crippen molar-refractivity contribution >= 4 is 5.69 Å². The van der Waals surface area contributed by atoms with Crippen molar-refractivity contribution < 1.29 is 5.11 Å². The monoisotopic (exact) mass is 234 g/mol. The van der Waals surface area contributed by atoms with Gasteiger partial charge in [-0.2, -0.15) is 0 Å². The Labute approximate surface area is 103 Å². The number of anilines is 1. The first-order valence-electron chi connectivity index (χ1n) is 6.63. The minimum Gasteiger partial charge on any atom is -0.392 e. The SMILES string of the molecule is CCC1CCCN(c2ccncc2CO)CC1. The fourth-order valence-corrected chi connectivity index (χ4v) is 2.66. The lowest BCUT2D eigenvalue weighted by atomic mass is 9.98. The number of hydrogen-bond donors (Lipinski definition) is 1. The van der Waals surface area contributed by atoms with Crippen LogP contribution in [0.1, 0.15) is 38.2 Å². The fraction of sp³-hybridized carbons (Fsp3) is 0.643. The molecule has 0 saturated carbocycles. The summed E-state index contributed by atoms with van der Waals surface area (Å²) in [5.41, 5.74) is 2.11. The molecule has 1 atom stereocenters. The summed E-state index contributed by atoms with van der Waals surface area (Å²) in [6, 6.07) is 2.03. The molecular weight excluding hydrogens is 212 g/mol. The summed E-state index contributed by atoms with van der Waals surface area (Å²) < 4.78 is 0. The Kier molecular flexibility index (Phi) is 4.37. The van der Waals surface area contributed by atoms with Crippen LogP contribution >= 0.6 is 0 Å². The van der Waals surface area contributed by atoms with Crippen molar-refractivity contribution in [3.8, 4) is 0 Å². The minimum atomic E-state index is 0.0802. The Morgan fingerprint density at radius 3 is 3.06 bits per heavy atom. The van der Waals surface area contributed by atoms with E-state index < -0.39 is 0 Å². The molecule has 0 bridgehead atoms. The molecule has 1 aliphatic heterocycles. The molecule has 0 aromatic carbocycles. The number of hydrogen-bond acceptors (Lipinski definition) is 3.